The molecule has 2 heterocycles. The first kappa shape index (κ1) is 10.9. The van der Waals surface area contributed by atoms with Gasteiger partial charge in [-0.15, -0.1) is 0 Å². The zero-order chi connectivity index (χ0) is 11.8. The molecule has 0 saturated heterocycles. The Kier molecular flexibility index (Phi) is 2.68. The molecule has 0 radical (unpaired) electrons. The normalized spacial score (nSPS) is 17.9. The van der Waals surface area contributed by atoms with E-state index in [-0.39, 0.29) is 6.10 Å². The third-order valence-corrected chi connectivity index (χ3v) is 3.17. The summed E-state index contributed by atoms with van der Waals surface area (Å²) in [5.74, 6) is 0.737. The first-order valence-electron chi connectivity index (χ1n) is 5.19. The molecule has 88 valence electrons. The standard InChI is InChI=1S/C11H9Cl2N3O/c12-8-1-7-2-9(4-16-6-14-5-15-16)17-11(7)10(13)3-8/h1,3,5-6,9H,2,4H2. The van der Waals surface area contributed by atoms with Gasteiger partial charge in [-0.2, -0.15) is 5.10 Å². The van der Waals surface area contributed by atoms with E-state index >= 15 is 0 Å². The molecule has 1 aliphatic rings. The third-order valence-electron chi connectivity index (χ3n) is 2.67. The molecule has 2 aromatic rings. The number of hydrogen-bond donors (Lipinski definition) is 0. The summed E-state index contributed by atoms with van der Waals surface area (Å²) in [6.07, 6.45) is 3.99. The highest BCUT2D eigenvalue weighted by Gasteiger charge is 2.26. The van der Waals surface area contributed by atoms with Gasteiger partial charge in [0.25, 0.3) is 0 Å². The zero-order valence-electron chi connectivity index (χ0n) is 8.81. The van der Waals surface area contributed by atoms with Crippen LogP contribution >= 0.6 is 23.2 Å². The fourth-order valence-corrected chi connectivity index (χ4v) is 2.57. The second-order valence-corrected chi connectivity index (χ2v) is 4.78. The predicted octanol–water partition coefficient (Wildman–Crippen LogP) is 2.59. The summed E-state index contributed by atoms with van der Waals surface area (Å²) in [7, 11) is 0. The summed E-state index contributed by atoms with van der Waals surface area (Å²) in [5.41, 5.74) is 1.05. The Bertz CT molecular complexity index is 542. The fourth-order valence-electron chi connectivity index (χ4n) is 1.99. The number of halogens is 2. The van der Waals surface area contributed by atoms with Gasteiger partial charge in [0.05, 0.1) is 11.6 Å². The van der Waals surface area contributed by atoms with E-state index in [1.54, 1.807) is 17.1 Å². The molecule has 0 bridgehead atoms. The molecule has 0 spiro atoms. The second-order valence-electron chi connectivity index (χ2n) is 3.94. The lowest BCUT2D eigenvalue weighted by molar-refractivity contribution is 0.203. The van der Waals surface area contributed by atoms with Crippen LogP contribution in [-0.4, -0.2) is 20.9 Å². The maximum absolute atomic E-state index is 6.08. The number of nitrogens with zero attached hydrogens (tertiary/aromatic N) is 3. The number of rotatable bonds is 2. The third kappa shape index (κ3) is 2.10. The maximum Gasteiger partial charge on any atom is 0.141 e. The van der Waals surface area contributed by atoms with Crippen molar-refractivity contribution >= 4 is 23.2 Å². The van der Waals surface area contributed by atoms with Crippen molar-refractivity contribution in [1.29, 1.82) is 0 Å². The zero-order valence-corrected chi connectivity index (χ0v) is 10.3. The van der Waals surface area contributed by atoms with Crippen LogP contribution in [0, 0.1) is 0 Å². The lowest BCUT2D eigenvalue weighted by Gasteiger charge is -2.10. The SMILES string of the molecule is Clc1cc(Cl)c2c(c1)CC(Cn1cncn1)O2. The highest BCUT2D eigenvalue weighted by Crippen LogP contribution is 2.38. The van der Waals surface area contributed by atoms with E-state index in [4.69, 9.17) is 27.9 Å². The van der Waals surface area contributed by atoms with Gasteiger partial charge in [0, 0.05) is 17.0 Å². The van der Waals surface area contributed by atoms with E-state index in [0.29, 0.717) is 16.6 Å². The molecule has 1 aliphatic heterocycles. The van der Waals surface area contributed by atoms with E-state index in [9.17, 15) is 0 Å². The van der Waals surface area contributed by atoms with Gasteiger partial charge in [0.15, 0.2) is 0 Å². The molecule has 0 N–H and O–H groups in total. The van der Waals surface area contributed by atoms with Gasteiger partial charge in [-0.1, -0.05) is 23.2 Å². The van der Waals surface area contributed by atoms with Crippen molar-refractivity contribution in [2.24, 2.45) is 0 Å². The monoisotopic (exact) mass is 269 g/mol. The Hall–Kier alpha value is -1.26. The summed E-state index contributed by atoms with van der Waals surface area (Å²) in [6, 6.07) is 3.59. The average Bonchev–Trinajstić information content (AvgIpc) is 2.87. The van der Waals surface area contributed by atoms with Gasteiger partial charge in [0.2, 0.25) is 0 Å². The van der Waals surface area contributed by atoms with Crippen molar-refractivity contribution in [3.63, 3.8) is 0 Å². The number of benzene rings is 1. The number of aromatic nitrogens is 3. The topological polar surface area (TPSA) is 39.9 Å². The summed E-state index contributed by atoms with van der Waals surface area (Å²) in [5, 5.41) is 5.25. The smallest absolute Gasteiger partial charge is 0.141 e. The Labute approximate surface area is 108 Å². The molecule has 1 unspecified atom stereocenters. The number of ether oxygens (including phenoxy) is 1. The number of fused-ring (bicyclic) bond motifs is 1. The molecule has 1 atom stereocenters. The molecule has 17 heavy (non-hydrogen) atoms. The molecule has 1 aromatic heterocycles. The van der Waals surface area contributed by atoms with E-state index < -0.39 is 0 Å². The highest BCUT2D eigenvalue weighted by atomic mass is 35.5. The van der Waals surface area contributed by atoms with Crippen molar-refractivity contribution in [2.75, 3.05) is 0 Å². The molecule has 0 amide bonds. The molecule has 0 saturated carbocycles. The number of hydrogen-bond acceptors (Lipinski definition) is 3. The van der Waals surface area contributed by atoms with Gasteiger partial charge >= 0.3 is 0 Å². The van der Waals surface area contributed by atoms with Crippen LogP contribution in [0.2, 0.25) is 10.0 Å². The summed E-state index contributed by atoms with van der Waals surface area (Å²) >= 11 is 12.0. The van der Waals surface area contributed by atoms with Gasteiger partial charge in [0.1, 0.15) is 24.5 Å². The first-order chi connectivity index (χ1) is 8.22. The molecule has 4 nitrogen and oxygen atoms in total. The van der Waals surface area contributed by atoms with E-state index in [1.807, 2.05) is 6.07 Å². The van der Waals surface area contributed by atoms with E-state index in [0.717, 1.165) is 17.7 Å². The van der Waals surface area contributed by atoms with Crippen molar-refractivity contribution in [1.82, 2.24) is 14.8 Å². The van der Waals surface area contributed by atoms with Gasteiger partial charge in [-0.05, 0) is 12.1 Å². The molecule has 0 fully saturated rings. The van der Waals surface area contributed by atoms with Crippen molar-refractivity contribution < 1.29 is 4.74 Å². The van der Waals surface area contributed by atoms with Gasteiger partial charge < -0.3 is 4.74 Å². The summed E-state index contributed by atoms with van der Waals surface area (Å²) < 4.78 is 7.53. The molecule has 6 heteroatoms. The second kappa shape index (κ2) is 4.20. The molecule has 0 aliphatic carbocycles. The van der Waals surface area contributed by atoms with Gasteiger partial charge in [-0.3, -0.25) is 0 Å². The quantitative estimate of drug-likeness (QED) is 0.842. The minimum Gasteiger partial charge on any atom is -0.486 e. The predicted molar refractivity (Wildman–Crippen MR) is 64.6 cm³/mol. The van der Waals surface area contributed by atoms with E-state index in [1.165, 1.54) is 6.33 Å². The van der Waals surface area contributed by atoms with Crippen LogP contribution in [0.1, 0.15) is 5.56 Å². The summed E-state index contributed by atoms with van der Waals surface area (Å²) in [6.45, 7) is 0.655. The molecule has 1 aromatic carbocycles. The van der Waals surface area contributed by atoms with Crippen molar-refractivity contribution in [3.05, 3.63) is 40.4 Å². The van der Waals surface area contributed by atoms with Crippen LogP contribution in [0.15, 0.2) is 24.8 Å². The van der Waals surface area contributed by atoms with Crippen molar-refractivity contribution in [2.45, 2.75) is 19.1 Å². The largest absolute Gasteiger partial charge is 0.486 e. The van der Waals surface area contributed by atoms with E-state index in [2.05, 4.69) is 10.1 Å². The van der Waals surface area contributed by atoms with Crippen LogP contribution in [0.4, 0.5) is 0 Å². The molecular formula is C11H9Cl2N3O. The Morgan fingerprint density at radius 2 is 2.29 bits per heavy atom. The molecule has 3 rings (SSSR count). The van der Waals surface area contributed by atoms with Crippen LogP contribution in [0.3, 0.4) is 0 Å². The minimum absolute atomic E-state index is 0.0302. The lowest BCUT2D eigenvalue weighted by Crippen LogP contribution is -2.21. The maximum atomic E-state index is 6.08. The minimum atomic E-state index is 0.0302. The Morgan fingerprint density at radius 3 is 3.06 bits per heavy atom. The van der Waals surface area contributed by atoms with Crippen LogP contribution in [0.25, 0.3) is 0 Å². The Balaban J connectivity index is 1.81. The molecular weight excluding hydrogens is 261 g/mol. The van der Waals surface area contributed by atoms with Gasteiger partial charge in [-0.25, -0.2) is 9.67 Å². The lowest BCUT2D eigenvalue weighted by atomic mass is 10.1. The summed E-state index contributed by atoms with van der Waals surface area (Å²) in [4.78, 5) is 3.89. The van der Waals surface area contributed by atoms with Crippen molar-refractivity contribution in [3.8, 4) is 5.75 Å². The van der Waals surface area contributed by atoms with Crippen LogP contribution in [-0.2, 0) is 13.0 Å². The average molecular weight is 270 g/mol. The fraction of sp³-hybridized carbons (Fsp3) is 0.273. The Morgan fingerprint density at radius 1 is 1.41 bits per heavy atom. The van der Waals surface area contributed by atoms with Crippen LogP contribution in [0.5, 0.6) is 5.75 Å². The van der Waals surface area contributed by atoms with Crippen LogP contribution < -0.4 is 4.74 Å². The first-order valence-corrected chi connectivity index (χ1v) is 5.95. The highest BCUT2D eigenvalue weighted by molar-refractivity contribution is 6.35.